The van der Waals surface area contributed by atoms with Gasteiger partial charge in [-0.25, -0.2) is 0 Å². The molecule has 1 aliphatic rings. The molecule has 0 amide bonds. The second-order valence-corrected chi connectivity index (χ2v) is 11.8. The number of rotatable bonds is 8. The molecule has 1 saturated heterocycles. The average Bonchev–Trinajstić information content (AvgIpc) is 3.07. The summed E-state index contributed by atoms with van der Waals surface area (Å²) < 4.78 is 28.9. The fourth-order valence-corrected chi connectivity index (χ4v) is 5.65. The molecule has 188 valence electrons. The lowest BCUT2D eigenvalue weighted by molar-refractivity contribution is 0.148. The zero-order chi connectivity index (χ0) is 25.2. The summed E-state index contributed by atoms with van der Waals surface area (Å²) in [5.41, 5.74) is 5.74. The first kappa shape index (κ1) is 25.6. The van der Waals surface area contributed by atoms with Gasteiger partial charge < -0.3 is 4.90 Å². The van der Waals surface area contributed by atoms with Gasteiger partial charge >= 0.3 is 10.4 Å². The van der Waals surface area contributed by atoms with E-state index in [4.69, 9.17) is 0 Å². The zero-order valence-electron chi connectivity index (χ0n) is 21.5. The molecular formula is C27H38N5O2S+. The Hall–Kier alpha value is -2.52. The maximum Gasteiger partial charge on any atom is 0.346 e. The van der Waals surface area contributed by atoms with E-state index in [-0.39, 0.29) is 0 Å². The topological polar surface area (TPSA) is 73.6 Å². The Kier molecular flexibility index (Phi) is 7.76. The lowest BCUT2D eigenvalue weighted by Gasteiger charge is -2.32. The van der Waals surface area contributed by atoms with Crippen LogP contribution in [0.15, 0.2) is 53.4 Å². The van der Waals surface area contributed by atoms with E-state index >= 15 is 0 Å². The summed E-state index contributed by atoms with van der Waals surface area (Å²) in [4.78, 5) is 5.21. The van der Waals surface area contributed by atoms with Crippen LogP contribution in [0.1, 0.15) is 30.8 Å². The van der Waals surface area contributed by atoms with Gasteiger partial charge in [0, 0.05) is 39.8 Å². The molecule has 1 aromatic heterocycles. The van der Waals surface area contributed by atoms with Gasteiger partial charge in [0.15, 0.2) is 0 Å². The molecule has 1 atom stereocenters. The number of nitrogens with one attached hydrogen (secondary N) is 1. The molecule has 1 aliphatic heterocycles. The number of aryl methyl sites for hydroxylation is 1. The molecule has 2 N–H and O–H groups in total. The molecule has 0 bridgehead atoms. The van der Waals surface area contributed by atoms with Crippen LogP contribution >= 0.6 is 0 Å². The fourth-order valence-electron chi connectivity index (χ4n) is 4.48. The largest absolute Gasteiger partial charge is 0.346 e. The highest BCUT2D eigenvalue weighted by Crippen LogP contribution is 2.29. The number of benzene rings is 2. The molecule has 0 spiro atoms. The van der Waals surface area contributed by atoms with Gasteiger partial charge in [-0.05, 0) is 77.5 Å². The third kappa shape index (κ3) is 6.19. The third-order valence-electron chi connectivity index (χ3n) is 6.68. The summed E-state index contributed by atoms with van der Waals surface area (Å²) in [6.45, 7) is 11.5. The van der Waals surface area contributed by atoms with Crippen LogP contribution in [0, 0.1) is 12.8 Å². The fraction of sp³-hybridized carbons (Fsp3) is 0.444. The molecule has 2 heterocycles. The highest BCUT2D eigenvalue weighted by Gasteiger charge is 2.32. The molecule has 1 fully saturated rings. The van der Waals surface area contributed by atoms with Crippen LogP contribution in [-0.4, -0.2) is 57.4 Å². The van der Waals surface area contributed by atoms with Crippen LogP contribution in [0.4, 0.5) is 5.69 Å². The van der Waals surface area contributed by atoms with Gasteiger partial charge in [-0.2, -0.15) is 14.4 Å². The second kappa shape index (κ2) is 10.6. The van der Waals surface area contributed by atoms with Gasteiger partial charge in [0.25, 0.3) is 0 Å². The monoisotopic (exact) mass is 496 g/mol. The predicted octanol–water partition coefficient (Wildman–Crippen LogP) is 4.70. The van der Waals surface area contributed by atoms with E-state index in [0.29, 0.717) is 16.5 Å². The van der Waals surface area contributed by atoms with E-state index in [1.165, 1.54) is 5.56 Å². The molecule has 7 nitrogen and oxygen atoms in total. The molecule has 0 radical (unpaired) electrons. The number of hydrogen-bond acceptors (Lipinski definition) is 4. The van der Waals surface area contributed by atoms with Crippen LogP contribution in [-0.2, 0) is 34.6 Å². The third-order valence-corrected chi connectivity index (χ3v) is 8.08. The van der Waals surface area contributed by atoms with E-state index in [1.807, 2.05) is 26.1 Å². The van der Waals surface area contributed by atoms with Gasteiger partial charge in [0.2, 0.25) is 4.90 Å². The highest BCUT2D eigenvalue weighted by molar-refractivity contribution is 7.99. The summed E-state index contributed by atoms with van der Waals surface area (Å²) in [5.74, 6) is 0.394. The van der Waals surface area contributed by atoms with Crippen LogP contribution in [0.5, 0.6) is 0 Å². The lowest BCUT2D eigenvalue weighted by Crippen LogP contribution is -2.43. The Morgan fingerprint density at radius 2 is 1.71 bits per heavy atom. The van der Waals surface area contributed by atoms with Crippen molar-refractivity contribution < 1.29 is 8.76 Å². The van der Waals surface area contributed by atoms with Crippen molar-refractivity contribution >= 4 is 16.1 Å². The smallest absolute Gasteiger partial charge is 0.304 e. The number of nitrogens with zero attached hydrogens (tertiary/aromatic N) is 4. The molecule has 2 aromatic carbocycles. The minimum atomic E-state index is -3.48. The lowest BCUT2D eigenvalue weighted by atomic mass is 10.0. The van der Waals surface area contributed by atoms with Gasteiger partial charge in [-0.15, -0.1) is 0 Å². The minimum Gasteiger partial charge on any atom is -0.304 e. The number of piperazine rings is 1. The summed E-state index contributed by atoms with van der Waals surface area (Å²) in [7, 11) is 0.553. The Morgan fingerprint density at radius 3 is 2.37 bits per heavy atom. The van der Waals surface area contributed by atoms with E-state index in [0.717, 1.165) is 61.7 Å². The SMILES string of the molecule is Cc1c(N[S+](=O)(O)c2ccc(-c3cccc(CN4CCN(C)CC4)c3)cc2)c(CC(C)C)nn1C. The Balaban J connectivity index is 1.50. The molecular weight excluding hydrogens is 458 g/mol. The van der Waals surface area contributed by atoms with Crippen LogP contribution < -0.4 is 4.72 Å². The highest BCUT2D eigenvalue weighted by atomic mass is 32.3. The molecule has 3 aromatic rings. The minimum absolute atomic E-state index is 0.355. The maximum absolute atomic E-state index is 13.3. The van der Waals surface area contributed by atoms with Crippen molar-refractivity contribution in [2.75, 3.05) is 37.9 Å². The number of hydrogen-bond donors (Lipinski definition) is 2. The molecule has 0 aliphatic carbocycles. The molecule has 8 heteroatoms. The molecule has 1 unspecified atom stereocenters. The van der Waals surface area contributed by atoms with Crippen molar-refractivity contribution in [1.82, 2.24) is 19.6 Å². The summed E-state index contributed by atoms with van der Waals surface area (Å²) in [6.07, 6.45) is 0.739. The van der Waals surface area contributed by atoms with Gasteiger partial charge in [-0.1, -0.05) is 32.0 Å². The average molecular weight is 497 g/mol. The van der Waals surface area contributed by atoms with E-state index in [9.17, 15) is 8.76 Å². The van der Waals surface area contributed by atoms with E-state index < -0.39 is 10.4 Å². The Bertz CT molecular complexity index is 1200. The maximum atomic E-state index is 13.3. The molecule has 35 heavy (non-hydrogen) atoms. The predicted molar refractivity (Wildman–Crippen MR) is 144 cm³/mol. The van der Waals surface area contributed by atoms with Crippen molar-refractivity contribution in [3.05, 3.63) is 65.5 Å². The van der Waals surface area contributed by atoms with E-state index in [2.05, 4.69) is 64.8 Å². The number of likely N-dealkylation sites (N-methyl/N-ethyl adjacent to an activating group) is 1. The van der Waals surface area contributed by atoms with Crippen LogP contribution in [0.25, 0.3) is 11.1 Å². The second-order valence-electron chi connectivity index (χ2n) is 10.1. The Morgan fingerprint density at radius 1 is 1.03 bits per heavy atom. The van der Waals surface area contributed by atoms with Gasteiger partial charge in [-0.3, -0.25) is 9.58 Å². The summed E-state index contributed by atoms with van der Waals surface area (Å²) in [6, 6.07) is 15.9. The van der Waals surface area contributed by atoms with Gasteiger partial charge in [0.1, 0.15) is 5.69 Å². The Labute approximate surface area is 210 Å². The first-order valence-electron chi connectivity index (χ1n) is 12.3. The van der Waals surface area contributed by atoms with Crippen molar-refractivity contribution in [2.45, 2.75) is 38.6 Å². The van der Waals surface area contributed by atoms with Crippen molar-refractivity contribution in [3.63, 3.8) is 0 Å². The van der Waals surface area contributed by atoms with Crippen molar-refractivity contribution in [2.24, 2.45) is 13.0 Å². The number of anilines is 1. The standard InChI is InChI=1S/C27H37N5O2S/c1-20(2)17-26-27(21(3)31(5)28-26)29-35(33,34)25-11-9-23(10-12-25)24-8-6-7-22(18-24)19-32-15-13-30(4)14-16-32/h6-12,18,20H,13-17,19H2,1-5H3,(H-,29,33,34)/p+1. The number of aromatic nitrogens is 2. The molecule has 0 saturated carbocycles. The summed E-state index contributed by atoms with van der Waals surface area (Å²) >= 11 is 0. The van der Waals surface area contributed by atoms with Gasteiger partial charge in [0.05, 0.1) is 11.4 Å². The van der Waals surface area contributed by atoms with Crippen LogP contribution in [0.3, 0.4) is 0 Å². The van der Waals surface area contributed by atoms with Crippen LogP contribution in [0.2, 0.25) is 0 Å². The van der Waals surface area contributed by atoms with Crippen molar-refractivity contribution in [3.8, 4) is 11.1 Å². The first-order valence-corrected chi connectivity index (χ1v) is 13.8. The first-order chi connectivity index (χ1) is 16.6. The summed E-state index contributed by atoms with van der Waals surface area (Å²) in [5, 5.41) is 4.55. The van der Waals surface area contributed by atoms with E-state index in [1.54, 1.807) is 16.8 Å². The zero-order valence-corrected chi connectivity index (χ0v) is 22.3. The normalized spacial score (nSPS) is 17.0. The quantitative estimate of drug-likeness (QED) is 0.442. The molecule has 4 rings (SSSR count). The van der Waals surface area contributed by atoms with Crippen molar-refractivity contribution in [1.29, 1.82) is 0 Å².